The van der Waals surface area contributed by atoms with Crippen LogP contribution < -0.4 is 5.32 Å². The van der Waals surface area contributed by atoms with E-state index in [9.17, 15) is 4.79 Å². The molecule has 0 spiro atoms. The number of benzene rings is 2. The molecule has 1 N–H and O–H groups in total. The highest BCUT2D eigenvalue weighted by Crippen LogP contribution is 2.19. The first-order chi connectivity index (χ1) is 10.1. The van der Waals surface area contributed by atoms with Crippen molar-refractivity contribution in [2.24, 2.45) is 0 Å². The number of carbonyl (C=O) groups excluding carboxylic acids is 1. The van der Waals surface area contributed by atoms with Gasteiger partial charge in [0.25, 0.3) is 0 Å². The van der Waals surface area contributed by atoms with Gasteiger partial charge in [-0.2, -0.15) is 0 Å². The maximum absolute atomic E-state index is 11.9. The Morgan fingerprint density at radius 2 is 1.90 bits per heavy atom. The zero-order valence-corrected chi connectivity index (χ0v) is 12.8. The number of nitrogens with one attached hydrogen (secondary N) is 1. The van der Waals surface area contributed by atoms with Crippen molar-refractivity contribution in [1.82, 2.24) is 0 Å². The smallest absolute Gasteiger partial charge is 0.340 e. The van der Waals surface area contributed by atoms with Crippen LogP contribution in [-0.2, 0) is 11.3 Å². The Labute approximate surface area is 126 Å². The summed E-state index contributed by atoms with van der Waals surface area (Å²) in [4.78, 5) is 11.9. The molecule has 0 atom stereocenters. The fourth-order valence-electron chi connectivity index (χ4n) is 2.21. The van der Waals surface area contributed by atoms with Gasteiger partial charge in [-0.1, -0.05) is 35.9 Å². The molecule has 0 bridgehead atoms. The minimum Gasteiger partial charge on any atom is -0.462 e. The second-order valence-electron chi connectivity index (χ2n) is 5.05. The number of hydrogen-bond donors (Lipinski definition) is 1. The van der Waals surface area contributed by atoms with Crippen LogP contribution in [0.2, 0.25) is 0 Å². The fraction of sp³-hybridized carbons (Fsp3) is 0.278. The van der Waals surface area contributed by atoms with Gasteiger partial charge in [0, 0.05) is 12.2 Å². The van der Waals surface area contributed by atoms with Crippen LogP contribution in [0.3, 0.4) is 0 Å². The maximum atomic E-state index is 11.9. The van der Waals surface area contributed by atoms with E-state index in [2.05, 4.69) is 37.4 Å². The molecule has 0 aromatic heterocycles. The molecule has 2 aromatic carbocycles. The van der Waals surface area contributed by atoms with E-state index in [1.165, 1.54) is 16.7 Å². The number of esters is 1. The molecule has 21 heavy (non-hydrogen) atoms. The molecule has 0 amide bonds. The van der Waals surface area contributed by atoms with Crippen LogP contribution >= 0.6 is 0 Å². The Kier molecular flexibility index (Phi) is 4.99. The molecule has 2 aromatic rings. The van der Waals surface area contributed by atoms with Gasteiger partial charge in [-0.15, -0.1) is 0 Å². The number of hydrogen-bond acceptors (Lipinski definition) is 3. The van der Waals surface area contributed by atoms with Crippen molar-refractivity contribution in [2.45, 2.75) is 27.3 Å². The highest BCUT2D eigenvalue weighted by atomic mass is 16.5. The van der Waals surface area contributed by atoms with Crippen LogP contribution in [0.4, 0.5) is 5.69 Å². The first kappa shape index (κ1) is 15.1. The topological polar surface area (TPSA) is 38.3 Å². The molecule has 110 valence electrons. The molecule has 0 aliphatic carbocycles. The van der Waals surface area contributed by atoms with Gasteiger partial charge < -0.3 is 10.1 Å². The van der Waals surface area contributed by atoms with E-state index in [1.807, 2.05) is 25.1 Å². The van der Waals surface area contributed by atoms with E-state index >= 15 is 0 Å². The summed E-state index contributed by atoms with van der Waals surface area (Å²) >= 11 is 0. The molecule has 0 fully saturated rings. The average Bonchev–Trinajstić information content (AvgIpc) is 2.49. The summed E-state index contributed by atoms with van der Waals surface area (Å²) in [5, 5.41) is 3.34. The summed E-state index contributed by atoms with van der Waals surface area (Å²) in [6.45, 7) is 7.04. The molecule has 0 saturated heterocycles. The molecule has 0 aliphatic rings. The largest absolute Gasteiger partial charge is 0.462 e. The maximum Gasteiger partial charge on any atom is 0.340 e. The summed E-state index contributed by atoms with van der Waals surface area (Å²) in [6, 6.07) is 13.8. The van der Waals surface area contributed by atoms with Gasteiger partial charge in [-0.05, 0) is 44.0 Å². The number of para-hydroxylation sites is 1. The Balaban J connectivity index is 2.16. The van der Waals surface area contributed by atoms with Crippen molar-refractivity contribution in [3.05, 3.63) is 64.7 Å². The van der Waals surface area contributed by atoms with Crippen LogP contribution in [0.5, 0.6) is 0 Å². The molecule has 0 aliphatic heterocycles. The van der Waals surface area contributed by atoms with Gasteiger partial charge in [0.2, 0.25) is 0 Å². The standard InChI is InChI=1S/C18H21NO2/c1-4-21-18(20)16-7-5-6-8-17(16)19-12-15-11-13(2)9-10-14(15)3/h5-11,19H,4,12H2,1-3H3. The van der Waals surface area contributed by atoms with Crippen molar-refractivity contribution in [2.75, 3.05) is 11.9 Å². The van der Waals surface area contributed by atoms with E-state index in [4.69, 9.17) is 4.74 Å². The summed E-state index contributed by atoms with van der Waals surface area (Å²) in [6.07, 6.45) is 0. The van der Waals surface area contributed by atoms with Crippen molar-refractivity contribution >= 4 is 11.7 Å². The van der Waals surface area contributed by atoms with Gasteiger partial charge in [0.1, 0.15) is 0 Å². The minimum atomic E-state index is -0.290. The van der Waals surface area contributed by atoms with Crippen molar-refractivity contribution in [1.29, 1.82) is 0 Å². The first-order valence-corrected chi connectivity index (χ1v) is 7.18. The lowest BCUT2D eigenvalue weighted by Gasteiger charge is -2.13. The Bertz CT molecular complexity index is 635. The predicted octanol–water partition coefficient (Wildman–Crippen LogP) is 4.09. The average molecular weight is 283 g/mol. The lowest BCUT2D eigenvalue weighted by atomic mass is 10.1. The summed E-state index contributed by atoms with van der Waals surface area (Å²) in [5.74, 6) is -0.290. The lowest BCUT2D eigenvalue weighted by molar-refractivity contribution is 0.0527. The van der Waals surface area contributed by atoms with Gasteiger partial charge in [0.15, 0.2) is 0 Å². The number of ether oxygens (including phenoxy) is 1. The second-order valence-corrected chi connectivity index (χ2v) is 5.05. The first-order valence-electron chi connectivity index (χ1n) is 7.18. The van der Waals surface area contributed by atoms with Crippen molar-refractivity contribution < 1.29 is 9.53 Å². The second kappa shape index (κ2) is 6.93. The molecule has 2 rings (SSSR count). The minimum absolute atomic E-state index is 0.290. The van der Waals surface area contributed by atoms with Crippen LogP contribution in [0.15, 0.2) is 42.5 Å². The predicted molar refractivity (Wildman–Crippen MR) is 85.6 cm³/mol. The third-order valence-corrected chi connectivity index (χ3v) is 3.40. The molecule has 0 saturated carbocycles. The quantitative estimate of drug-likeness (QED) is 0.840. The number of aryl methyl sites for hydroxylation is 2. The number of anilines is 1. The zero-order chi connectivity index (χ0) is 15.2. The molecule has 0 unspecified atom stereocenters. The third kappa shape index (κ3) is 3.85. The molecule has 3 nitrogen and oxygen atoms in total. The summed E-state index contributed by atoms with van der Waals surface area (Å²) < 4.78 is 5.08. The van der Waals surface area contributed by atoms with Crippen LogP contribution in [-0.4, -0.2) is 12.6 Å². The Hall–Kier alpha value is -2.29. The van der Waals surface area contributed by atoms with Crippen LogP contribution in [0.25, 0.3) is 0 Å². The summed E-state index contributed by atoms with van der Waals surface area (Å²) in [7, 11) is 0. The number of carbonyl (C=O) groups is 1. The van der Waals surface area contributed by atoms with E-state index in [-0.39, 0.29) is 5.97 Å². The molecule has 3 heteroatoms. The molecular formula is C18H21NO2. The highest BCUT2D eigenvalue weighted by Gasteiger charge is 2.11. The molecule has 0 heterocycles. The monoisotopic (exact) mass is 283 g/mol. The highest BCUT2D eigenvalue weighted by molar-refractivity contribution is 5.95. The van der Waals surface area contributed by atoms with Gasteiger partial charge in [-0.3, -0.25) is 0 Å². The summed E-state index contributed by atoms with van der Waals surface area (Å²) in [5.41, 5.74) is 5.08. The van der Waals surface area contributed by atoms with Gasteiger partial charge >= 0.3 is 5.97 Å². The SMILES string of the molecule is CCOC(=O)c1ccccc1NCc1cc(C)ccc1C. The molecular weight excluding hydrogens is 262 g/mol. The zero-order valence-electron chi connectivity index (χ0n) is 12.8. The van der Waals surface area contributed by atoms with E-state index in [0.717, 1.165) is 5.69 Å². The fourth-order valence-corrected chi connectivity index (χ4v) is 2.21. The van der Waals surface area contributed by atoms with E-state index in [1.54, 1.807) is 6.07 Å². The van der Waals surface area contributed by atoms with Gasteiger partial charge in [0.05, 0.1) is 12.2 Å². The normalized spacial score (nSPS) is 10.2. The van der Waals surface area contributed by atoms with E-state index in [0.29, 0.717) is 18.7 Å². The van der Waals surface area contributed by atoms with E-state index < -0.39 is 0 Å². The Morgan fingerprint density at radius 1 is 1.14 bits per heavy atom. The van der Waals surface area contributed by atoms with Crippen LogP contribution in [0, 0.1) is 13.8 Å². The molecule has 0 radical (unpaired) electrons. The third-order valence-electron chi connectivity index (χ3n) is 3.40. The van der Waals surface area contributed by atoms with Crippen LogP contribution in [0.1, 0.15) is 34.0 Å². The van der Waals surface area contributed by atoms with Crippen molar-refractivity contribution in [3.8, 4) is 0 Å². The lowest BCUT2D eigenvalue weighted by Crippen LogP contribution is -2.10. The Morgan fingerprint density at radius 3 is 2.67 bits per heavy atom. The number of rotatable bonds is 5. The van der Waals surface area contributed by atoms with Crippen molar-refractivity contribution in [3.63, 3.8) is 0 Å². The van der Waals surface area contributed by atoms with Gasteiger partial charge in [-0.25, -0.2) is 4.79 Å².